The van der Waals surface area contributed by atoms with Crippen LogP contribution in [0.2, 0.25) is 10.0 Å². The monoisotopic (exact) mass is 858 g/mol. The number of aryl methyl sites for hydroxylation is 4. The average Bonchev–Trinajstić information content (AvgIpc) is 4.05. The molecule has 0 aliphatic carbocycles. The van der Waals surface area contributed by atoms with Crippen molar-refractivity contribution in [1.29, 1.82) is 0 Å². The molecular formula is C46H40Cl2N14. The Morgan fingerprint density at radius 3 is 1.53 bits per heavy atom. The maximum Gasteiger partial charge on any atom is 0.254 e. The molecule has 10 aromatic rings. The van der Waals surface area contributed by atoms with Crippen LogP contribution in [-0.2, 0) is 13.1 Å². The van der Waals surface area contributed by atoms with E-state index in [0.29, 0.717) is 57.8 Å². The molecule has 6 aromatic heterocycles. The quantitative estimate of drug-likeness (QED) is 0.136. The minimum atomic E-state index is 0.472. The van der Waals surface area contributed by atoms with Crippen LogP contribution in [0.25, 0.3) is 34.2 Å². The van der Waals surface area contributed by atoms with Crippen LogP contribution in [0.1, 0.15) is 33.9 Å². The lowest BCUT2D eigenvalue weighted by Gasteiger charge is -2.12. The summed E-state index contributed by atoms with van der Waals surface area (Å²) in [5.74, 6) is 2.23. The van der Waals surface area contributed by atoms with Crippen molar-refractivity contribution in [2.75, 3.05) is 10.6 Å². The van der Waals surface area contributed by atoms with Crippen molar-refractivity contribution in [3.05, 3.63) is 178 Å². The van der Waals surface area contributed by atoms with Gasteiger partial charge in [-0.1, -0.05) is 83.9 Å². The SMILES string of the molecule is Cc1cc(C)n(-c2nc(Nc3ccc(Cl)cc3)c3c(ncn3Cc3ccccc3)n2)n1.Cc1cc(C)n(-c2nc(Nc3ccc(Cl)cc3)c3ncn(Cc4ccccc4)c3n2)n1. The molecule has 4 aromatic carbocycles. The summed E-state index contributed by atoms with van der Waals surface area (Å²) in [6, 6.07) is 39.4. The zero-order chi connectivity index (χ0) is 42.7. The van der Waals surface area contributed by atoms with Crippen LogP contribution in [-0.4, -0.2) is 58.6 Å². The fourth-order valence-corrected chi connectivity index (χ4v) is 7.32. The van der Waals surface area contributed by atoms with Crippen molar-refractivity contribution in [3.8, 4) is 11.9 Å². The summed E-state index contributed by atoms with van der Waals surface area (Å²) in [5, 5.41) is 17.2. The average molecular weight is 860 g/mol. The Morgan fingerprint density at radius 2 is 1.00 bits per heavy atom. The van der Waals surface area contributed by atoms with Gasteiger partial charge >= 0.3 is 0 Å². The van der Waals surface area contributed by atoms with Gasteiger partial charge in [0.2, 0.25) is 0 Å². The lowest BCUT2D eigenvalue weighted by Crippen LogP contribution is -2.09. The Bertz CT molecular complexity index is 3140. The number of nitrogens with one attached hydrogen (secondary N) is 2. The van der Waals surface area contributed by atoms with Crippen LogP contribution < -0.4 is 10.6 Å². The number of anilines is 4. The highest BCUT2D eigenvalue weighted by molar-refractivity contribution is 6.31. The zero-order valence-corrected chi connectivity index (χ0v) is 35.8. The van der Waals surface area contributed by atoms with Crippen LogP contribution >= 0.6 is 23.2 Å². The van der Waals surface area contributed by atoms with Crippen LogP contribution in [0.5, 0.6) is 0 Å². The summed E-state index contributed by atoms with van der Waals surface area (Å²) in [5.41, 5.74) is 10.7. The van der Waals surface area contributed by atoms with Gasteiger partial charge in [0.25, 0.3) is 11.9 Å². The highest BCUT2D eigenvalue weighted by Gasteiger charge is 2.19. The molecule has 6 heterocycles. The van der Waals surface area contributed by atoms with Crippen molar-refractivity contribution in [2.45, 2.75) is 40.8 Å². The van der Waals surface area contributed by atoms with Crippen LogP contribution in [0, 0.1) is 27.7 Å². The van der Waals surface area contributed by atoms with Crippen LogP contribution in [0.4, 0.5) is 23.0 Å². The summed E-state index contributed by atoms with van der Waals surface area (Å²) in [6.07, 6.45) is 3.59. The third kappa shape index (κ3) is 8.73. The van der Waals surface area contributed by atoms with Gasteiger partial charge in [-0.05, 0) is 99.5 Å². The predicted molar refractivity (Wildman–Crippen MR) is 244 cm³/mol. The van der Waals surface area contributed by atoms with E-state index in [2.05, 4.69) is 55.1 Å². The molecule has 62 heavy (non-hydrogen) atoms. The molecule has 0 amide bonds. The molecule has 308 valence electrons. The van der Waals surface area contributed by atoms with Crippen molar-refractivity contribution in [3.63, 3.8) is 0 Å². The number of halogens is 2. The summed E-state index contributed by atoms with van der Waals surface area (Å²) < 4.78 is 7.56. The number of imidazole rings is 2. The van der Waals surface area contributed by atoms with Crippen molar-refractivity contribution in [1.82, 2.24) is 58.6 Å². The van der Waals surface area contributed by atoms with E-state index in [1.807, 2.05) is 134 Å². The van der Waals surface area contributed by atoms with E-state index in [-0.39, 0.29) is 0 Å². The minimum absolute atomic E-state index is 0.472. The zero-order valence-electron chi connectivity index (χ0n) is 34.2. The fraction of sp³-hybridized carbons (Fsp3) is 0.130. The standard InChI is InChI=1S/2C23H20ClN7/c1-15-12-16(2)31(29-15)23-27-21-20(22(28-23)26-19-10-8-18(24)9-11-19)30(14-25-21)13-17-6-4-3-5-7-17;1-15-12-16(2)31(29-15)23-27-21(26-19-10-8-18(24)9-11-19)20-22(28-23)30(14-25-20)13-17-6-4-3-5-7-17/h2*3-12,14H,13H2,1-2H3,(H,26,27,28). The van der Waals surface area contributed by atoms with Gasteiger partial charge in [-0.2, -0.15) is 30.1 Å². The van der Waals surface area contributed by atoms with Gasteiger partial charge in [0.15, 0.2) is 28.4 Å². The van der Waals surface area contributed by atoms with Crippen LogP contribution in [0.3, 0.4) is 0 Å². The molecule has 0 saturated carbocycles. The van der Waals surface area contributed by atoms with E-state index in [0.717, 1.165) is 45.3 Å². The van der Waals surface area contributed by atoms with Crippen LogP contribution in [0.15, 0.2) is 134 Å². The summed E-state index contributed by atoms with van der Waals surface area (Å²) in [4.78, 5) is 28.3. The molecule has 10 rings (SSSR count). The summed E-state index contributed by atoms with van der Waals surface area (Å²) in [6.45, 7) is 9.19. The first-order chi connectivity index (χ1) is 30.1. The topological polar surface area (TPSA) is 147 Å². The van der Waals surface area contributed by atoms with E-state index in [1.165, 1.54) is 11.1 Å². The molecule has 0 bridgehead atoms. The number of hydrogen-bond donors (Lipinski definition) is 2. The van der Waals surface area contributed by atoms with E-state index in [9.17, 15) is 0 Å². The van der Waals surface area contributed by atoms with Gasteiger partial charge in [0.05, 0.1) is 30.6 Å². The van der Waals surface area contributed by atoms with Crippen molar-refractivity contribution in [2.24, 2.45) is 0 Å². The molecule has 16 heteroatoms. The lowest BCUT2D eigenvalue weighted by atomic mass is 10.2. The van der Waals surface area contributed by atoms with E-state index >= 15 is 0 Å². The Morgan fingerprint density at radius 1 is 0.516 bits per heavy atom. The first-order valence-corrected chi connectivity index (χ1v) is 20.5. The van der Waals surface area contributed by atoms with Gasteiger partial charge in [-0.3, -0.25) is 0 Å². The number of rotatable bonds is 10. The van der Waals surface area contributed by atoms with E-state index in [4.69, 9.17) is 43.1 Å². The molecule has 0 saturated heterocycles. The molecule has 0 radical (unpaired) electrons. The smallest absolute Gasteiger partial charge is 0.254 e. The molecule has 0 atom stereocenters. The second kappa shape index (κ2) is 17.3. The van der Waals surface area contributed by atoms with E-state index in [1.54, 1.807) is 22.0 Å². The second-order valence-electron chi connectivity index (χ2n) is 14.7. The molecule has 14 nitrogen and oxygen atoms in total. The Labute approximate surface area is 366 Å². The van der Waals surface area contributed by atoms with Crippen molar-refractivity contribution < 1.29 is 0 Å². The van der Waals surface area contributed by atoms with Gasteiger partial charge in [0.1, 0.15) is 5.52 Å². The number of benzene rings is 4. The van der Waals surface area contributed by atoms with Gasteiger partial charge in [-0.15, -0.1) is 0 Å². The van der Waals surface area contributed by atoms with Gasteiger partial charge in [-0.25, -0.2) is 19.3 Å². The maximum absolute atomic E-state index is 6.05. The van der Waals surface area contributed by atoms with Gasteiger partial charge in [0, 0.05) is 39.4 Å². The molecule has 0 unspecified atom stereocenters. The van der Waals surface area contributed by atoms with E-state index < -0.39 is 0 Å². The highest BCUT2D eigenvalue weighted by Crippen LogP contribution is 2.28. The summed E-state index contributed by atoms with van der Waals surface area (Å²) >= 11 is 12.1. The Kier molecular flexibility index (Phi) is 11.2. The Hall–Kier alpha value is -7.42. The number of aromatic nitrogens is 12. The summed E-state index contributed by atoms with van der Waals surface area (Å²) in [7, 11) is 0. The molecular weight excluding hydrogens is 820 g/mol. The Balaban J connectivity index is 0.000000158. The lowest BCUT2D eigenvalue weighted by molar-refractivity contribution is 0.766. The maximum atomic E-state index is 6.05. The first kappa shape index (κ1) is 40.0. The number of hydrogen-bond acceptors (Lipinski definition) is 10. The normalized spacial score (nSPS) is 11.2. The van der Waals surface area contributed by atoms with Crippen molar-refractivity contribution >= 4 is 68.5 Å². The minimum Gasteiger partial charge on any atom is -0.338 e. The third-order valence-corrected chi connectivity index (χ3v) is 10.4. The van der Waals surface area contributed by atoms with Gasteiger partial charge < -0.3 is 19.8 Å². The second-order valence-corrected chi connectivity index (χ2v) is 15.6. The molecule has 2 N–H and O–H groups in total. The molecule has 0 fully saturated rings. The number of fused-ring (bicyclic) bond motifs is 2. The number of nitrogens with zero attached hydrogens (tertiary/aromatic N) is 12. The highest BCUT2D eigenvalue weighted by atomic mass is 35.5. The molecule has 0 spiro atoms. The largest absolute Gasteiger partial charge is 0.338 e. The molecule has 0 aliphatic heterocycles. The first-order valence-electron chi connectivity index (χ1n) is 19.8. The fourth-order valence-electron chi connectivity index (χ4n) is 7.06. The predicted octanol–water partition coefficient (Wildman–Crippen LogP) is 10.1. The molecule has 0 aliphatic rings. The third-order valence-electron chi connectivity index (χ3n) is 9.92.